The summed E-state index contributed by atoms with van der Waals surface area (Å²) in [5.41, 5.74) is 0. The molecule has 1 unspecified atom stereocenters. The van der Waals surface area contributed by atoms with E-state index in [2.05, 4.69) is 20.1 Å². The Bertz CT molecular complexity index is 543. The third kappa shape index (κ3) is 3.91. The van der Waals surface area contributed by atoms with Crippen molar-refractivity contribution in [3.05, 3.63) is 10.6 Å². The number of carbonyl (C=O) groups is 1. The van der Waals surface area contributed by atoms with Crippen LogP contribution < -0.4 is 5.32 Å². The van der Waals surface area contributed by atoms with Crippen LogP contribution in [0, 0.1) is 4.77 Å². The second kappa shape index (κ2) is 6.70. The van der Waals surface area contributed by atoms with Gasteiger partial charge >= 0.3 is 0 Å². The Labute approximate surface area is 129 Å². The molecule has 7 heteroatoms. The third-order valence-electron chi connectivity index (χ3n) is 4.05. The predicted octanol–water partition coefficient (Wildman–Crippen LogP) is 1.89. The maximum atomic E-state index is 11.9. The van der Waals surface area contributed by atoms with Crippen LogP contribution in [0.2, 0.25) is 0 Å². The van der Waals surface area contributed by atoms with Crippen LogP contribution in [0.1, 0.15) is 50.4 Å². The van der Waals surface area contributed by atoms with Gasteiger partial charge in [-0.2, -0.15) is 5.10 Å². The minimum atomic E-state index is 0.0639. The maximum Gasteiger partial charge on any atom is 0.222 e. The van der Waals surface area contributed by atoms with Gasteiger partial charge in [0.2, 0.25) is 5.91 Å². The Morgan fingerprint density at radius 1 is 1.43 bits per heavy atom. The average Bonchev–Trinajstić information content (AvgIpc) is 3.24. The summed E-state index contributed by atoms with van der Waals surface area (Å²) in [6.45, 7) is 1.38. The van der Waals surface area contributed by atoms with Crippen LogP contribution in [0.25, 0.3) is 0 Å². The summed E-state index contributed by atoms with van der Waals surface area (Å²) < 4.78 is 8.36. The molecule has 116 valence electrons. The molecule has 1 aliphatic heterocycles. The van der Waals surface area contributed by atoms with Crippen molar-refractivity contribution in [2.75, 3.05) is 13.2 Å². The van der Waals surface area contributed by atoms with E-state index in [1.165, 1.54) is 12.8 Å². The molecule has 2 fully saturated rings. The summed E-state index contributed by atoms with van der Waals surface area (Å²) in [5, 5.41) is 10.1. The number of aromatic nitrogens is 3. The van der Waals surface area contributed by atoms with E-state index in [1.54, 1.807) is 0 Å². The molecular formula is C14H22N4O2S. The second-order valence-electron chi connectivity index (χ2n) is 5.84. The second-order valence-corrected chi connectivity index (χ2v) is 6.23. The number of nitrogens with one attached hydrogen (secondary N) is 2. The van der Waals surface area contributed by atoms with Gasteiger partial charge in [0.25, 0.3) is 0 Å². The Balaban J connectivity index is 1.43. The summed E-state index contributed by atoms with van der Waals surface area (Å²) in [7, 11) is 0. The first-order valence-corrected chi connectivity index (χ1v) is 8.19. The van der Waals surface area contributed by atoms with Gasteiger partial charge in [0.15, 0.2) is 4.77 Å². The molecule has 0 aromatic carbocycles. The first-order valence-electron chi connectivity index (χ1n) is 7.78. The molecular weight excluding hydrogens is 288 g/mol. The van der Waals surface area contributed by atoms with Crippen molar-refractivity contribution >= 4 is 18.1 Å². The fraction of sp³-hybridized carbons (Fsp3) is 0.786. The molecule has 0 spiro atoms. The van der Waals surface area contributed by atoms with Gasteiger partial charge in [0, 0.05) is 25.6 Å². The smallest absolute Gasteiger partial charge is 0.222 e. The van der Waals surface area contributed by atoms with Gasteiger partial charge in [-0.15, -0.1) is 0 Å². The van der Waals surface area contributed by atoms with Crippen LogP contribution in [0.15, 0.2) is 0 Å². The Kier molecular flexibility index (Phi) is 4.70. The van der Waals surface area contributed by atoms with Crippen molar-refractivity contribution in [2.45, 2.75) is 57.1 Å². The van der Waals surface area contributed by atoms with Crippen LogP contribution in [-0.4, -0.2) is 39.9 Å². The van der Waals surface area contributed by atoms with E-state index in [9.17, 15) is 4.79 Å². The SMILES string of the molecule is O=C(CC1CCCCO1)NCCc1n[nH]c(=S)n1C1CC1. The van der Waals surface area contributed by atoms with Gasteiger partial charge in [-0.1, -0.05) is 0 Å². The summed E-state index contributed by atoms with van der Waals surface area (Å²) >= 11 is 5.24. The first-order chi connectivity index (χ1) is 10.2. The standard InChI is InChI=1S/C14H22N4O2S/c19-13(9-11-3-1-2-8-20-11)15-7-6-12-16-17-14(21)18(12)10-4-5-10/h10-11H,1-9H2,(H,15,19)(H,17,21). The zero-order valence-electron chi connectivity index (χ0n) is 12.1. The molecule has 1 aromatic heterocycles. The lowest BCUT2D eigenvalue weighted by molar-refractivity contribution is -0.124. The fourth-order valence-electron chi connectivity index (χ4n) is 2.78. The monoisotopic (exact) mass is 310 g/mol. The number of carbonyl (C=O) groups excluding carboxylic acids is 1. The van der Waals surface area contributed by atoms with E-state index in [-0.39, 0.29) is 12.0 Å². The van der Waals surface area contributed by atoms with Gasteiger partial charge in [0.1, 0.15) is 5.82 Å². The zero-order chi connectivity index (χ0) is 14.7. The molecule has 6 nitrogen and oxygen atoms in total. The topological polar surface area (TPSA) is 71.9 Å². The molecule has 21 heavy (non-hydrogen) atoms. The predicted molar refractivity (Wildman–Crippen MR) is 80.6 cm³/mol. The Morgan fingerprint density at radius 2 is 2.29 bits per heavy atom. The Hall–Kier alpha value is -1.21. The number of aromatic amines is 1. The molecule has 1 atom stereocenters. The number of amides is 1. The van der Waals surface area contributed by atoms with Crippen molar-refractivity contribution in [2.24, 2.45) is 0 Å². The highest BCUT2D eigenvalue weighted by atomic mass is 32.1. The van der Waals surface area contributed by atoms with Crippen LogP contribution in [0.5, 0.6) is 0 Å². The summed E-state index contributed by atoms with van der Waals surface area (Å²) in [4.78, 5) is 11.9. The summed E-state index contributed by atoms with van der Waals surface area (Å²) in [6.07, 6.45) is 6.89. The lowest BCUT2D eigenvalue weighted by Gasteiger charge is -2.21. The third-order valence-corrected chi connectivity index (χ3v) is 4.34. The van der Waals surface area contributed by atoms with Gasteiger partial charge in [0.05, 0.1) is 12.5 Å². The van der Waals surface area contributed by atoms with Gasteiger partial charge in [-0.25, -0.2) is 0 Å². The van der Waals surface area contributed by atoms with Crippen molar-refractivity contribution < 1.29 is 9.53 Å². The van der Waals surface area contributed by atoms with Gasteiger partial charge in [-0.05, 0) is 44.3 Å². The van der Waals surface area contributed by atoms with E-state index in [1.807, 2.05) is 0 Å². The number of H-pyrrole nitrogens is 1. The molecule has 1 aromatic rings. The van der Waals surface area contributed by atoms with E-state index >= 15 is 0 Å². The fourth-order valence-corrected chi connectivity index (χ4v) is 3.08. The average molecular weight is 310 g/mol. The highest BCUT2D eigenvalue weighted by molar-refractivity contribution is 7.71. The molecule has 1 saturated heterocycles. The molecule has 3 rings (SSSR count). The van der Waals surface area contributed by atoms with Crippen LogP contribution in [0.4, 0.5) is 0 Å². The highest BCUT2D eigenvalue weighted by Gasteiger charge is 2.27. The lowest BCUT2D eigenvalue weighted by atomic mass is 10.1. The van der Waals surface area contributed by atoms with E-state index in [0.717, 1.165) is 31.7 Å². The van der Waals surface area contributed by atoms with Crippen molar-refractivity contribution in [1.82, 2.24) is 20.1 Å². The van der Waals surface area contributed by atoms with Crippen molar-refractivity contribution in [3.63, 3.8) is 0 Å². The van der Waals surface area contributed by atoms with E-state index < -0.39 is 0 Å². The molecule has 2 aliphatic rings. The van der Waals surface area contributed by atoms with Crippen molar-refractivity contribution in [3.8, 4) is 0 Å². The number of hydrogen-bond acceptors (Lipinski definition) is 4. The normalized spacial score (nSPS) is 22.2. The lowest BCUT2D eigenvalue weighted by Crippen LogP contribution is -2.32. The van der Waals surface area contributed by atoms with Crippen molar-refractivity contribution in [1.29, 1.82) is 0 Å². The zero-order valence-corrected chi connectivity index (χ0v) is 13.0. The van der Waals surface area contributed by atoms with Crippen LogP contribution in [-0.2, 0) is 16.0 Å². The van der Waals surface area contributed by atoms with Crippen LogP contribution in [0.3, 0.4) is 0 Å². The van der Waals surface area contributed by atoms with E-state index in [4.69, 9.17) is 17.0 Å². The van der Waals surface area contributed by atoms with E-state index in [0.29, 0.717) is 30.2 Å². The Morgan fingerprint density at radius 3 is 3.00 bits per heavy atom. The number of nitrogens with zero attached hydrogens (tertiary/aromatic N) is 2. The quantitative estimate of drug-likeness (QED) is 0.787. The highest BCUT2D eigenvalue weighted by Crippen LogP contribution is 2.35. The minimum Gasteiger partial charge on any atom is -0.378 e. The van der Waals surface area contributed by atoms with Gasteiger partial charge < -0.3 is 14.6 Å². The molecule has 1 amide bonds. The summed E-state index contributed by atoms with van der Waals surface area (Å²) in [6, 6.07) is 0.512. The van der Waals surface area contributed by atoms with Gasteiger partial charge in [-0.3, -0.25) is 9.89 Å². The first kappa shape index (κ1) is 14.7. The number of ether oxygens (including phenoxy) is 1. The molecule has 1 aliphatic carbocycles. The molecule has 2 N–H and O–H groups in total. The maximum absolute atomic E-state index is 11.9. The largest absolute Gasteiger partial charge is 0.378 e. The van der Waals surface area contributed by atoms with Crippen LogP contribution >= 0.6 is 12.2 Å². The number of rotatable bonds is 6. The molecule has 1 saturated carbocycles. The molecule has 0 bridgehead atoms. The molecule has 2 heterocycles. The summed E-state index contributed by atoms with van der Waals surface area (Å²) in [5.74, 6) is 1.01. The molecule has 0 radical (unpaired) electrons. The number of hydrogen-bond donors (Lipinski definition) is 2. The minimum absolute atomic E-state index is 0.0639.